The minimum Gasteiger partial charge on any atom is -0.347 e. The third-order valence-electron chi connectivity index (χ3n) is 8.74. The molecule has 0 saturated carbocycles. The predicted octanol–water partition coefficient (Wildman–Crippen LogP) is 0.229. The van der Waals surface area contributed by atoms with E-state index in [0.29, 0.717) is 17.7 Å². The minimum absolute atomic E-state index is 0.00259. The second kappa shape index (κ2) is 16.6. The number of rotatable bonds is 7. The molecular formula is C34H45N7O7S. The molecule has 6 amide bonds. The van der Waals surface area contributed by atoms with Crippen LogP contribution in [0.5, 0.6) is 0 Å². The molecule has 0 unspecified atom stereocenters. The Morgan fingerprint density at radius 1 is 0.939 bits per heavy atom. The van der Waals surface area contributed by atoms with Crippen molar-refractivity contribution in [2.75, 3.05) is 18.6 Å². The molecule has 4 rings (SSSR count). The van der Waals surface area contributed by atoms with Crippen LogP contribution in [-0.2, 0) is 31.0 Å². The van der Waals surface area contributed by atoms with E-state index < -0.39 is 83.2 Å². The molecule has 5 N–H and O–H groups in total. The topological polar surface area (TPSA) is 188 Å². The van der Waals surface area contributed by atoms with Crippen molar-refractivity contribution in [3.8, 4) is 0 Å². The van der Waals surface area contributed by atoms with E-state index in [4.69, 9.17) is 0 Å². The van der Waals surface area contributed by atoms with Gasteiger partial charge in [-0.05, 0) is 55.4 Å². The van der Waals surface area contributed by atoms with Crippen LogP contribution >= 0.6 is 11.8 Å². The van der Waals surface area contributed by atoms with E-state index in [9.17, 15) is 33.6 Å². The molecule has 264 valence electrons. The highest BCUT2D eigenvalue weighted by Gasteiger charge is 2.44. The van der Waals surface area contributed by atoms with Crippen molar-refractivity contribution in [3.63, 3.8) is 0 Å². The second-order valence-corrected chi connectivity index (χ2v) is 13.8. The number of nitrogens with zero attached hydrogens (tertiary/aromatic N) is 2. The predicted molar refractivity (Wildman–Crippen MR) is 184 cm³/mol. The van der Waals surface area contributed by atoms with Gasteiger partial charge in [-0.25, -0.2) is 0 Å². The number of hydrogen-bond donors (Lipinski definition) is 5. The maximum Gasteiger partial charge on any atom is 0.263 e. The SMILES string of the molecule is CSCC[C@@H]1NC(=O)C[C@@H](c2ccccc2)NC(=O)[C@H](C)NC(=O)[C@@H]2C[C@H](NC(=O)c3cccn(C)c3=O)CN2C(=O)[C@H](C(C)C)NC1=O. The summed E-state index contributed by atoms with van der Waals surface area (Å²) < 4.78 is 1.27. The molecule has 2 aliphatic heterocycles. The number of benzene rings is 1. The van der Waals surface area contributed by atoms with Gasteiger partial charge in [0, 0.05) is 25.8 Å². The zero-order chi connectivity index (χ0) is 35.8. The van der Waals surface area contributed by atoms with E-state index in [1.54, 1.807) is 44.2 Å². The van der Waals surface area contributed by atoms with Crippen molar-refractivity contribution >= 4 is 47.2 Å². The van der Waals surface area contributed by atoms with Crippen LogP contribution < -0.4 is 32.1 Å². The van der Waals surface area contributed by atoms with Crippen LogP contribution in [0.3, 0.4) is 0 Å². The fourth-order valence-corrected chi connectivity index (χ4v) is 6.44. The van der Waals surface area contributed by atoms with Crippen molar-refractivity contribution < 1.29 is 28.8 Å². The number of amides is 6. The number of aryl methyl sites for hydroxylation is 1. The third kappa shape index (κ3) is 9.28. The number of hydrogen-bond acceptors (Lipinski definition) is 8. The molecule has 3 heterocycles. The molecule has 2 fully saturated rings. The maximum atomic E-state index is 14.2. The number of fused-ring (bicyclic) bond motifs is 1. The van der Waals surface area contributed by atoms with Gasteiger partial charge in [-0.15, -0.1) is 0 Å². The summed E-state index contributed by atoms with van der Waals surface area (Å²) in [5, 5.41) is 14.0. The Kier molecular flexibility index (Phi) is 12.6. The molecule has 15 heteroatoms. The van der Waals surface area contributed by atoms with E-state index in [-0.39, 0.29) is 24.9 Å². The van der Waals surface area contributed by atoms with Crippen molar-refractivity contribution in [3.05, 3.63) is 70.1 Å². The van der Waals surface area contributed by atoms with Gasteiger partial charge in [0.15, 0.2) is 0 Å². The Hall–Kier alpha value is -4.66. The fourth-order valence-electron chi connectivity index (χ4n) is 5.96. The minimum atomic E-state index is -1.10. The monoisotopic (exact) mass is 695 g/mol. The van der Waals surface area contributed by atoms with E-state index in [1.807, 2.05) is 12.3 Å². The summed E-state index contributed by atoms with van der Waals surface area (Å²) in [5.74, 6) is -3.29. The van der Waals surface area contributed by atoms with Crippen molar-refractivity contribution in [2.45, 2.75) is 76.3 Å². The summed E-state index contributed by atoms with van der Waals surface area (Å²) in [6, 6.07) is 6.19. The van der Waals surface area contributed by atoms with Gasteiger partial charge >= 0.3 is 0 Å². The molecule has 0 aliphatic carbocycles. The standard InChI is InChI=1S/C34H45N7O7S/c1-19(2)28-34(48)41-18-22(36-30(44)23-12-9-14-40(4)33(23)47)16-26(41)32(46)35-20(3)29(43)38-25(21-10-7-6-8-11-21)17-27(42)37-24(13-15-49-5)31(45)39-28/h6-12,14,19-20,22,24-26,28H,13,15-18H2,1-5H3,(H,35,46)(H,36,44)(H,37,42)(H,38,43)(H,39,45)/t20-,22-,24-,25-,26-,28-/m0/s1. The van der Waals surface area contributed by atoms with Crippen molar-refractivity contribution in [1.82, 2.24) is 36.1 Å². The number of carbonyl (C=O) groups excluding carboxylic acids is 6. The van der Waals surface area contributed by atoms with Crippen LogP contribution in [0.25, 0.3) is 0 Å². The lowest BCUT2D eigenvalue weighted by Crippen LogP contribution is -2.59. The van der Waals surface area contributed by atoms with Crippen molar-refractivity contribution in [1.29, 1.82) is 0 Å². The van der Waals surface area contributed by atoms with Gasteiger partial charge in [0.25, 0.3) is 11.5 Å². The van der Waals surface area contributed by atoms with E-state index in [2.05, 4.69) is 26.6 Å². The molecule has 2 aliphatic rings. The lowest BCUT2D eigenvalue weighted by atomic mass is 10.0. The maximum absolute atomic E-state index is 14.2. The summed E-state index contributed by atoms with van der Waals surface area (Å²) in [6.07, 6.45) is 3.52. The van der Waals surface area contributed by atoms with Crippen LogP contribution in [0.1, 0.15) is 62.0 Å². The second-order valence-electron chi connectivity index (χ2n) is 12.8. The molecule has 2 aromatic rings. The van der Waals surface area contributed by atoms with Crippen LogP contribution in [0.4, 0.5) is 0 Å². The molecular weight excluding hydrogens is 650 g/mol. The average Bonchev–Trinajstić information content (AvgIpc) is 3.49. The van der Waals surface area contributed by atoms with E-state index >= 15 is 0 Å². The van der Waals surface area contributed by atoms with Crippen LogP contribution in [0.2, 0.25) is 0 Å². The fraction of sp³-hybridized carbons (Fsp3) is 0.500. The Labute approximate surface area is 289 Å². The largest absolute Gasteiger partial charge is 0.347 e. The van der Waals surface area contributed by atoms with Crippen molar-refractivity contribution in [2.24, 2.45) is 13.0 Å². The first kappa shape index (κ1) is 37.2. The first-order chi connectivity index (χ1) is 23.3. The van der Waals surface area contributed by atoms with Crippen LogP contribution in [-0.4, -0.2) is 93.7 Å². The summed E-state index contributed by atoms with van der Waals surface area (Å²) in [4.78, 5) is 95.5. The molecule has 14 nitrogen and oxygen atoms in total. The zero-order valence-electron chi connectivity index (χ0n) is 28.4. The molecule has 1 aromatic carbocycles. The Morgan fingerprint density at radius 2 is 1.65 bits per heavy atom. The number of thioether (sulfide) groups is 1. The highest BCUT2D eigenvalue weighted by Crippen LogP contribution is 2.23. The van der Waals surface area contributed by atoms with Gasteiger partial charge in [0.2, 0.25) is 29.5 Å². The first-order valence-electron chi connectivity index (χ1n) is 16.3. The van der Waals surface area contributed by atoms with Crippen LogP contribution in [0, 0.1) is 5.92 Å². The Balaban J connectivity index is 1.68. The summed E-state index contributed by atoms with van der Waals surface area (Å²) >= 11 is 1.50. The Bertz CT molecular complexity index is 1620. The molecule has 1 aromatic heterocycles. The molecule has 49 heavy (non-hydrogen) atoms. The third-order valence-corrected chi connectivity index (χ3v) is 9.39. The lowest BCUT2D eigenvalue weighted by molar-refractivity contribution is -0.143. The van der Waals surface area contributed by atoms with Gasteiger partial charge in [-0.1, -0.05) is 44.2 Å². The number of aromatic nitrogens is 1. The summed E-state index contributed by atoms with van der Waals surface area (Å²) in [7, 11) is 1.52. The average molecular weight is 696 g/mol. The number of pyridine rings is 1. The van der Waals surface area contributed by atoms with Gasteiger partial charge in [0.1, 0.15) is 29.7 Å². The van der Waals surface area contributed by atoms with Crippen LogP contribution in [0.15, 0.2) is 53.5 Å². The molecule has 2 saturated heterocycles. The van der Waals surface area contributed by atoms with E-state index in [1.165, 1.54) is 47.5 Å². The van der Waals surface area contributed by atoms with Gasteiger partial charge in [-0.2, -0.15) is 11.8 Å². The molecule has 0 bridgehead atoms. The summed E-state index contributed by atoms with van der Waals surface area (Å²) in [5.41, 5.74) is 0.0668. The quantitative estimate of drug-likeness (QED) is 0.272. The zero-order valence-corrected chi connectivity index (χ0v) is 29.2. The normalized spacial score (nSPS) is 25.6. The van der Waals surface area contributed by atoms with Gasteiger partial charge in [0.05, 0.1) is 12.5 Å². The molecule has 0 spiro atoms. The summed E-state index contributed by atoms with van der Waals surface area (Å²) in [6.45, 7) is 4.92. The van der Waals surface area contributed by atoms with E-state index in [0.717, 1.165) is 0 Å². The Morgan fingerprint density at radius 3 is 2.33 bits per heavy atom. The lowest BCUT2D eigenvalue weighted by Gasteiger charge is -2.32. The first-order valence-corrected chi connectivity index (χ1v) is 17.7. The highest BCUT2D eigenvalue weighted by molar-refractivity contribution is 7.98. The smallest absolute Gasteiger partial charge is 0.263 e. The molecule has 0 radical (unpaired) electrons. The molecule has 6 atom stereocenters. The number of carbonyl (C=O) groups is 6. The van der Waals surface area contributed by atoms with Gasteiger partial charge < -0.3 is 36.1 Å². The van der Waals surface area contributed by atoms with Gasteiger partial charge in [-0.3, -0.25) is 33.6 Å². The number of nitrogens with one attached hydrogen (secondary N) is 5. The highest BCUT2D eigenvalue weighted by atomic mass is 32.2.